The molecule has 0 amide bonds. The molecule has 0 aliphatic carbocycles. The summed E-state index contributed by atoms with van der Waals surface area (Å²) < 4.78 is 26.0. The zero-order chi connectivity index (χ0) is 12.3. The van der Waals surface area contributed by atoms with Crippen LogP contribution in [0.1, 0.15) is 5.56 Å². The quantitative estimate of drug-likeness (QED) is 0.725. The lowest BCUT2D eigenvalue weighted by atomic mass is 10.4. The maximum absolute atomic E-state index is 11.8. The van der Waals surface area contributed by atoms with Crippen LogP contribution < -0.4 is 10.2 Å². The van der Waals surface area contributed by atoms with E-state index in [1.807, 2.05) is 0 Å². The Morgan fingerprint density at radius 2 is 1.82 bits per heavy atom. The van der Waals surface area contributed by atoms with Gasteiger partial charge in [-0.15, -0.1) is 0 Å². The molecule has 0 bridgehead atoms. The van der Waals surface area contributed by atoms with Gasteiger partial charge in [-0.25, -0.2) is 13.1 Å². The fourth-order valence-electron chi connectivity index (χ4n) is 1.34. The fraction of sp³-hybridized carbons (Fsp3) is 0.100. The summed E-state index contributed by atoms with van der Waals surface area (Å²) >= 11 is 0. The van der Waals surface area contributed by atoms with Crippen molar-refractivity contribution in [3.8, 4) is 0 Å². The van der Waals surface area contributed by atoms with Crippen LogP contribution in [0.25, 0.3) is 0 Å². The molecular weight excluding hydrogens is 242 g/mol. The number of pyridine rings is 1. The maximum atomic E-state index is 11.8. The number of rotatable bonds is 4. The van der Waals surface area contributed by atoms with Crippen molar-refractivity contribution in [1.82, 2.24) is 14.7 Å². The number of aromatic amines is 2. The van der Waals surface area contributed by atoms with Gasteiger partial charge in [0.05, 0.1) is 0 Å². The maximum Gasteiger partial charge on any atom is 0.246 e. The van der Waals surface area contributed by atoms with Crippen molar-refractivity contribution in [3.63, 3.8) is 0 Å². The van der Waals surface area contributed by atoms with Crippen LogP contribution in [0.15, 0.2) is 46.6 Å². The van der Waals surface area contributed by atoms with Crippen LogP contribution in [0.2, 0.25) is 0 Å². The number of nitrogens with one attached hydrogen (secondary N) is 3. The van der Waals surface area contributed by atoms with Gasteiger partial charge in [-0.3, -0.25) is 4.79 Å². The van der Waals surface area contributed by atoms with E-state index in [1.54, 1.807) is 18.5 Å². The molecule has 7 heteroatoms. The Kier molecular flexibility index (Phi) is 3.12. The third kappa shape index (κ3) is 2.63. The Labute approximate surface area is 97.8 Å². The summed E-state index contributed by atoms with van der Waals surface area (Å²) in [5, 5.41) is 0. The Balaban J connectivity index is 2.20. The molecule has 6 nitrogen and oxygen atoms in total. The predicted molar refractivity (Wildman–Crippen MR) is 61.9 cm³/mol. The smallest absolute Gasteiger partial charge is 0.246 e. The van der Waals surface area contributed by atoms with E-state index in [0.29, 0.717) is 0 Å². The zero-order valence-corrected chi connectivity index (χ0v) is 9.62. The summed E-state index contributed by atoms with van der Waals surface area (Å²) in [5.41, 5.74) is 0.256. The van der Waals surface area contributed by atoms with Crippen molar-refractivity contribution in [2.75, 3.05) is 0 Å². The Morgan fingerprint density at radius 1 is 1.12 bits per heavy atom. The molecule has 0 fully saturated rings. The monoisotopic (exact) mass is 253 g/mol. The first kappa shape index (κ1) is 11.6. The molecule has 0 radical (unpaired) electrons. The van der Waals surface area contributed by atoms with Crippen LogP contribution >= 0.6 is 0 Å². The second kappa shape index (κ2) is 4.56. The van der Waals surface area contributed by atoms with Crippen molar-refractivity contribution in [1.29, 1.82) is 0 Å². The Morgan fingerprint density at radius 3 is 2.47 bits per heavy atom. The van der Waals surface area contributed by atoms with Gasteiger partial charge >= 0.3 is 0 Å². The minimum atomic E-state index is -3.77. The van der Waals surface area contributed by atoms with Gasteiger partial charge in [0, 0.05) is 37.4 Å². The standard InChI is InChI=1S/C10H11N3O3S/c14-9-2-4-12-7-10(9)17(15,16)13-6-8-1-3-11-5-8/h1-5,7,11,13H,6H2,(H,12,14). The van der Waals surface area contributed by atoms with Gasteiger partial charge < -0.3 is 9.97 Å². The molecule has 3 N–H and O–H groups in total. The first-order valence-corrected chi connectivity index (χ1v) is 6.36. The number of H-pyrrole nitrogens is 2. The van der Waals surface area contributed by atoms with Gasteiger partial charge in [0.2, 0.25) is 15.5 Å². The molecule has 17 heavy (non-hydrogen) atoms. The molecule has 0 spiro atoms. The highest BCUT2D eigenvalue weighted by Gasteiger charge is 2.16. The Bertz CT molecular complexity index is 643. The van der Waals surface area contributed by atoms with Crippen molar-refractivity contribution < 1.29 is 8.42 Å². The van der Waals surface area contributed by atoms with Crippen LogP contribution in [0.4, 0.5) is 0 Å². The molecule has 0 atom stereocenters. The predicted octanol–water partition coefficient (Wildman–Crippen LogP) is 0.181. The summed E-state index contributed by atoms with van der Waals surface area (Å²) in [4.78, 5) is 16.5. The lowest BCUT2D eigenvalue weighted by Gasteiger charge is -2.04. The molecule has 0 saturated heterocycles. The van der Waals surface area contributed by atoms with E-state index >= 15 is 0 Å². The SMILES string of the molecule is O=c1cc[nH]cc1S(=O)(=O)NCc1cc[nH]c1. The number of aromatic nitrogens is 2. The lowest BCUT2D eigenvalue weighted by molar-refractivity contribution is 0.580. The second-order valence-electron chi connectivity index (χ2n) is 3.42. The molecule has 0 aromatic carbocycles. The van der Waals surface area contributed by atoms with Gasteiger partial charge in [0.15, 0.2) is 0 Å². The lowest BCUT2D eigenvalue weighted by Crippen LogP contribution is -2.27. The van der Waals surface area contributed by atoms with Crippen LogP contribution in [-0.2, 0) is 16.6 Å². The third-order valence-electron chi connectivity index (χ3n) is 2.21. The molecule has 2 aromatic heterocycles. The number of hydrogen-bond donors (Lipinski definition) is 3. The average molecular weight is 253 g/mol. The summed E-state index contributed by atoms with van der Waals surface area (Å²) in [5.74, 6) is 0. The fourth-order valence-corrected chi connectivity index (χ4v) is 2.40. The van der Waals surface area contributed by atoms with Gasteiger partial charge in [-0.1, -0.05) is 0 Å². The van der Waals surface area contributed by atoms with Gasteiger partial charge in [0.1, 0.15) is 4.90 Å². The minimum absolute atomic E-state index is 0.139. The molecule has 2 aromatic rings. The number of hydrogen-bond acceptors (Lipinski definition) is 3. The molecule has 2 heterocycles. The summed E-state index contributed by atoms with van der Waals surface area (Å²) in [6.07, 6.45) is 5.92. The summed E-state index contributed by atoms with van der Waals surface area (Å²) in [7, 11) is -3.77. The molecule has 0 saturated carbocycles. The Hall–Kier alpha value is -1.86. The molecule has 90 valence electrons. The minimum Gasteiger partial charge on any atom is -0.367 e. The normalized spacial score (nSPS) is 11.5. The van der Waals surface area contributed by atoms with E-state index in [-0.39, 0.29) is 11.4 Å². The molecule has 2 rings (SSSR count). The first-order valence-electron chi connectivity index (χ1n) is 4.88. The molecular formula is C10H11N3O3S. The molecule has 0 aliphatic heterocycles. The average Bonchev–Trinajstić information content (AvgIpc) is 2.80. The molecule has 0 aliphatic rings. The van der Waals surface area contributed by atoms with Gasteiger partial charge in [0.25, 0.3) is 0 Å². The highest BCUT2D eigenvalue weighted by atomic mass is 32.2. The summed E-state index contributed by atoms with van der Waals surface area (Å²) in [6.45, 7) is 0.139. The van der Waals surface area contributed by atoms with E-state index in [0.717, 1.165) is 5.56 Å². The van der Waals surface area contributed by atoms with Crippen molar-refractivity contribution in [2.24, 2.45) is 0 Å². The summed E-state index contributed by atoms with van der Waals surface area (Å²) in [6, 6.07) is 2.92. The van der Waals surface area contributed by atoms with E-state index in [4.69, 9.17) is 0 Å². The van der Waals surface area contributed by atoms with Crippen LogP contribution in [-0.4, -0.2) is 18.4 Å². The van der Waals surface area contributed by atoms with Crippen molar-refractivity contribution in [3.05, 3.63) is 52.7 Å². The first-order chi connectivity index (χ1) is 8.09. The van der Waals surface area contributed by atoms with Gasteiger partial charge in [-0.05, 0) is 11.6 Å². The van der Waals surface area contributed by atoms with E-state index in [2.05, 4.69) is 14.7 Å². The van der Waals surface area contributed by atoms with Crippen molar-refractivity contribution >= 4 is 10.0 Å². The largest absolute Gasteiger partial charge is 0.367 e. The second-order valence-corrected chi connectivity index (χ2v) is 5.15. The van der Waals surface area contributed by atoms with Crippen molar-refractivity contribution in [2.45, 2.75) is 11.4 Å². The topological polar surface area (TPSA) is 94.8 Å². The molecule has 0 unspecified atom stereocenters. The van der Waals surface area contributed by atoms with E-state index < -0.39 is 15.5 Å². The van der Waals surface area contributed by atoms with E-state index in [9.17, 15) is 13.2 Å². The van der Waals surface area contributed by atoms with Crippen LogP contribution in [0.5, 0.6) is 0 Å². The number of sulfonamides is 1. The third-order valence-corrected chi connectivity index (χ3v) is 3.63. The van der Waals surface area contributed by atoms with Gasteiger partial charge in [-0.2, -0.15) is 0 Å². The van der Waals surface area contributed by atoms with E-state index in [1.165, 1.54) is 18.5 Å². The van der Waals surface area contributed by atoms with Crippen LogP contribution in [0.3, 0.4) is 0 Å². The highest BCUT2D eigenvalue weighted by molar-refractivity contribution is 7.89. The highest BCUT2D eigenvalue weighted by Crippen LogP contribution is 2.02. The zero-order valence-electron chi connectivity index (χ0n) is 8.80. The van der Waals surface area contributed by atoms with Crippen LogP contribution in [0, 0.1) is 0 Å².